The van der Waals surface area contributed by atoms with E-state index in [1.54, 1.807) is 24.4 Å². The van der Waals surface area contributed by atoms with Gasteiger partial charge < -0.3 is 9.47 Å². The van der Waals surface area contributed by atoms with Crippen molar-refractivity contribution in [3.8, 4) is 0 Å². The van der Waals surface area contributed by atoms with E-state index in [0.29, 0.717) is 17.2 Å². The molecule has 0 aliphatic rings. The van der Waals surface area contributed by atoms with Gasteiger partial charge in [0.15, 0.2) is 11.5 Å². The number of amidine groups is 1. The molecule has 0 aliphatic heterocycles. The van der Waals surface area contributed by atoms with Crippen LogP contribution in [0.4, 0.5) is 5.69 Å². The first-order valence-corrected chi connectivity index (χ1v) is 8.08. The number of aliphatic imine (C=N–C) groups is 1. The molecule has 2 aromatic rings. The Labute approximate surface area is 156 Å². The van der Waals surface area contributed by atoms with Gasteiger partial charge >= 0.3 is 11.9 Å². The van der Waals surface area contributed by atoms with Crippen LogP contribution in [-0.2, 0) is 19.1 Å². The number of carbonyl (C=O) groups is 2. The van der Waals surface area contributed by atoms with E-state index >= 15 is 0 Å². The van der Waals surface area contributed by atoms with Crippen molar-refractivity contribution in [3.05, 3.63) is 59.9 Å². The van der Waals surface area contributed by atoms with Gasteiger partial charge in [-0.15, -0.1) is 0 Å². The fourth-order valence-corrected chi connectivity index (χ4v) is 2.00. The number of methoxy groups -OCH3 is 2. The average molecular weight is 368 g/mol. The number of hydrazone groups is 1. The van der Waals surface area contributed by atoms with Crippen LogP contribution >= 0.6 is 0 Å². The van der Waals surface area contributed by atoms with Crippen LogP contribution < -0.4 is 5.43 Å². The molecule has 1 N–H and O–H groups in total. The molecule has 0 saturated carbocycles. The number of rotatable bonds is 6. The fourth-order valence-electron chi connectivity index (χ4n) is 2.00. The summed E-state index contributed by atoms with van der Waals surface area (Å²) in [7, 11) is 2.43. The molecular weight excluding hydrogens is 348 g/mol. The number of hydrogen-bond acceptors (Lipinski definition) is 7. The van der Waals surface area contributed by atoms with Gasteiger partial charge in [-0.3, -0.25) is 15.2 Å². The van der Waals surface area contributed by atoms with Crippen LogP contribution in [0.2, 0.25) is 0 Å². The van der Waals surface area contributed by atoms with Gasteiger partial charge in [-0.1, -0.05) is 23.8 Å². The van der Waals surface area contributed by atoms with E-state index in [9.17, 15) is 9.59 Å². The minimum Gasteiger partial charge on any atom is -0.469 e. The molecule has 140 valence electrons. The molecule has 0 fully saturated rings. The van der Waals surface area contributed by atoms with E-state index in [1.807, 2.05) is 31.2 Å². The zero-order valence-corrected chi connectivity index (χ0v) is 15.3. The number of nitrogens with zero attached hydrogens (tertiary/aromatic N) is 3. The van der Waals surface area contributed by atoms with Crippen molar-refractivity contribution in [2.45, 2.75) is 13.3 Å². The van der Waals surface area contributed by atoms with Gasteiger partial charge in [-0.2, -0.15) is 5.10 Å². The van der Waals surface area contributed by atoms with Crippen LogP contribution in [0, 0.1) is 6.92 Å². The molecule has 1 heterocycles. The molecule has 2 rings (SSSR count). The third-order valence-corrected chi connectivity index (χ3v) is 3.44. The molecule has 8 heteroatoms. The average Bonchev–Trinajstić information content (AvgIpc) is 2.71. The molecule has 0 aliphatic carbocycles. The summed E-state index contributed by atoms with van der Waals surface area (Å²) in [6, 6.07) is 12.9. The first kappa shape index (κ1) is 19.8. The van der Waals surface area contributed by atoms with Crippen molar-refractivity contribution in [2.75, 3.05) is 14.2 Å². The second kappa shape index (κ2) is 9.81. The smallest absolute Gasteiger partial charge is 0.354 e. The van der Waals surface area contributed by atoms with Crippen LogP contribution in [0.15, 0.2) is 58.8 Å². The lowest BCUT2D eigenvalue weighted by molar-refractivity contribution is -0.140. The summed E-state index contributed by atoms with van der Waals surface area (Å²) in [5.74, 6) is -1.05. The van der Waals surface area contributed by atoms with Crippen LogP contribution in [0.1, 0.15) is 17.7 Å². The lowest BCUT2D eigenvalue weighted by atomic mass is 10.2. The maximum Gasteiger partial charge on any atom is 0.354 e. The first-order valence-electron chi connectivity index (χ1n) is 8.08. The minimum absolute atomic E-state index is 0.142. The summed E-state index contributed by atoms with van der Waals surface area (Å²) in [4.78, 5) is 32.1. The van der Waals surface area contributed by atoms with Crippen molar-refractivity contribution in [3.63, 3.8) is 0 Å². The lowest BCUT2D eigenvalue weighted by Gasteiger charge is -2.08. The monoisotopic (exact) mass is 368 g/mol. The van der Waals surface area contributed by atoms with E-state index in [2.05, 4.69) is 30.0 Å². The van der Waals surface area contributed by atoms with E-state index in [4.69, 9.17) is 0 Å². The quantitative estimate of drug-likeness (QED) is 0.363. The Balaban J connectivity index is 2.36. The maximum absolute atomic E-state index is 11.9. The summed E-state index contributed by atoms with van der Waals surface area (Å²) in [5.41, 5.74) is 4.87. The normalized spacial score (nSPS) is 11.7. The molecule has 0 saturated heterocycles. The van der Waals surface area contributed by atoms with Crippen LogP contribution in [0.25, 0.3) is 0 Å². The summed E-state index contributed by atoms with van der Waals surface area (Å²) < 4.78 is 9.23. The third kappa shape index (κ3) is 6.03. The Kier molecular flexibility index (Phi) is 7.18. The number of pyridine rings is 1. The second-order valence-corrected chi connectivity index (χ2v) is 5.43. The minimum atomic E-state index is -0.747. The van der Waals surface area contributed by atoms with E-state index in [0.717, 1.165) is 5.56 Å². The van der Waals surface area contributed by atoms with Crippen LogP contribution in [0.5, 0.6) is 0 Å². The summed E-state index contributed by atoms with van der Waals surface area (Å²) in [6.07, 6.45) is 1.28. The Morgan fingerprint density at radius 2 is 1.81 bits per heavy atom. The zero-order valence-electron chi connectivity index (χ0n) is 15.3. The van der Waals surface area contributed by atoms with Crippen LogP contribution in [-0.4, -0.2) is 42.7 Å². The Morgan fingerprint density at radius 1 is 1.07 bits per heavy atom. The SMILES string of the molecule is COC(=O)C/C(=N\NC(=Nc1ccc(C)cc1)c1ccccn1)C(=O)OC. The zero-order chi connectivity index (χ0) is 19.6. The van der Waals surface area contributed by atoms with E-state index in [1.165, 1.54) is 14.2 Å². The van der Waals surface area contributed by atoms with Gasteiger partial charge in [0.05, 0.1) is 26.3 Å². The molecule has 1 aromatic carbocycles. The molecule has 0 unspecified atom stereocenters. The second-order valence-electron chi connectivity index (χ2n) is 5.43. The number of esters is 2. The highest BCUT2D eigenvalue weighted by molar-refractivity contribution is 6.39. The summed E-state index contributed by atoms with van der Waals surface area (Å²) >= 11 is 0. The van der Waals surface area contributed by atoms with E-state index in [-0.39, 0.29) is 12.1 Å². The van der Waals surface area contributed by atoms with Gasteiger partial charge in [-0.05, 0) is 31.2 Å². The summed E-state index contributed by atoms with van der Waals surface area (Å²) in [6.45, 7) is 1.98. The third-order valence-electron chi connectivity index (χ3n) is 3.44. The molecule has 0 atom stereocenters. The largest absolute Gasteiger partial charge is 0.469 e. The van der Waals surface area contributed by atoms with Crippen molar-refractivity contribution < 1.29 is 19.1 Å². The number of nitrogens with one attached hydrogen (secondary N) is 1. The van der Waals surface area contributed by atoms with Crippen LogP contribution in [0.3, 0.4) is 0 Å². The Morgan fingerprint density at radius 3 is 2.41 bits per heavy atom. The lowest BCUT2D eigenvalue weighted by Crippen LogP contribution is -2.27. The first-order chi connectivity index (χ1) is 13.0. The van der Waals surface area contributed by atoms with Gasteiger partial charge in [-0.25, -0.2) is 9.79 Å². The highest BCUT2D eigenvalue weighted by atomic mass is 16.5. The molecule has 0 amide bonds. The number of ether oxygens (including phenoxy) is 2. The van der Waals surface area contributed by atoms with Gasteiger partial charge in [0.25, 0.3) is 0 Å². The fraction of sp³-hybridized carbons (Fsp3) is 0.211. The maximum atomic E-state index is 11.9. The predicted molar refractivity (Wildman–Crippen MR) is 101 cm³/mol. The molecular formula is C19H20N4O4. The number of carbonyl (C=O) groups excluding carboxylic acids is 2. The molecule has 27 heavy (non-hydrogen) atoms. The van der Waals surface area contributed by atoms with Gasteiger partial charge in [0, 0.05) is 6.20 Å². The molecule has 0 radical (unpaired) electrons. The van der Waals surface area contributed by atoms with Crippen molar-refractivity contribution in [1.29, 1.82) is 0 Å². The van der Waals surface area contributed by atoms with Crippen molar-refractivity contribution in [2.24, 2.45) is 10.1 Å². The summed E-state index contributed by atoms with van der Waals surface area (Å²) in [5, 5.41) is 3.99. The van der Waals surface area contributed by atoms with Gasteiger partial charge in [0.1, 0.15) is 5.69 Å². The number of benzene rings is 1. The van der Waals surface area contributed by atoms with Crippen molar-refractivity contribution in [1.82, 2.24) is 10.4 Å². The number of aryl methyl sites for hydroxylation is 1. The molecule has 0 spiro atoms. The van der Waals surface area contributed by atoms with Gasteiger partial charge in [0.2, 0.25) is 0 Å². The predicted octanol–water partition coefficient (Wildman–Crippen LogP) is 2.15. The van der Waals surface area contributed by atoms with Crippen molar-refractivity contribution >= 4 is 29.2 Å². The molecule has 8 nitrogen and oxygen atoms in total. The highest BCUT2D eigenvalue weighted by Gasteiger charge is 2.18. The number of hydrogen-bond donors (Lipinski definition) is 1. The standard InChI is InChI=1S/C19H20N4O4/c1-13-7-9-14(10-8-13)21-18(15-6-4-5-11-20-15)23-22-16(19(25)27-3)12-17(24)26-2/h4-11H,12H2,1-3H3,(H,21,23)/b22-16+. The Hall–Kier alpha value is -3.55. The number of aromatic nitrogens is 1. The Bertz CT molecular complexity index is 846. The van der Waals surface area contributed by atoms with E-state index < -0.39 is 11.9 Å². The molecule has 0 bridgehead atoms. The molecule has 1 aromatic heterocycles. The highest BCUT2D eigenvalue weighted by Crippen LogP contribution is 2.14. The topological polar surface area (TPSA) is 102 Å².